The second-order valence-corrected chi connectivity index (χ2v) is 16.5. The smallest absolute Gasteiger partial charge is 0.432 e. The lowest BCUT2D eigenvalue weighted by molar-refractivity contribution is -0.266. The van der Waals surface area contributed by atoms with E-state index in [1.54, 1.807) is 0 Å². The minimum absolute atomic E-state index is 0.0286. The summed E-state index contributed by atoms with van der Waals surface area (Å²) < 4.78 is 106. The van der Waals surface area contributed by atoms with E-state index in [9.17, 15) is 49.9 Å². The maximum Gasteiger partial charge on any atom is 0.432 e. The zero-order valence-electron chi connectivity index (χ0n) is 20.1. The van der Waals surface area contributed by atoms with Gasteiger partial charge in [0.2, 0.25) is 0 Å². The third-order valence-electron chi connectivity index (χ3n) is 7.75. The first-order chi connectivity index (χ1) is 18.6. The van der Waals surface area contributed by atoms with E-state index >= 15 is 0 Å². The van der Waals surface area contributed by atoms with Crippen molar-refractivity contribution in [1.82, 2.24) is 5.32 Å². The summed E-state index contributed by atoms with van der Waals surface area (Å²) in [6.45, 7) is 0. The highest BCUT2D eigenvalue weighted by Crippen LogP contribution is 2.62. The topological polar surface area (TPSA) is 147 Å². The molecular weight excluding hydrogens is 1040 g/mol. The molecule has 4 saturated carbocycles. The number of carbonyl (C=O) groups is 3. The van der Waals surface area contributed by atoms with Crippen LogP contribution in [0.2, 0.25) is 0 Å². The number of carbonyl (C=O) groups excluding carboxylic acids is 2. The number of carboxylic acids is 1. The molecule has 3 N–H and O–H groups in total. The fraction of sp³-hybridized carbons (Fsp3) is 0.591. The summed E-state index contributed by atoms with van der Waals surface area (Å²) >= 11 is 7.60. The highest BCUT2D eigenvalue weighted by molar-refractivity contribution is 14.1. The molecule has 228 valence electrons. The summed E-state index contributed by atoms with van der Waals surface area (Å²) in [6, 6.07) is 0. The number of hydrogen-bond donors (Lipinski definition) is 3. The maximum atomic E-state index is 14.2. The van der Waals surface area contributed by atoms with E-state index in [1.807, 2.05) is 90.4 Å². The molecule has 19 heteroatoms. The summed E-state index contributed by atoms with van der Waals surface area (Å²) in [5, 5.41) is 6.86. The van der Waals surface area contributed by atoms with Gasteiger partial charge in [-0.1, -0.05) is 0 Å². The van der Waals surface area contributed by atoms with Crippen LogP contribution in [0.4, 0.5) is 22.0 Å². The van der Waals surface area contributed by atoms with Gasteiger partial charge in [-0.25, -0.2) is 4.79 Å². The van der Waals surface area contributed by atoms with Crippen LogP contribution >= 0.6 is 90.4 Å². The van der Waals surface area contributed by atoms with Crippen molar-refractivity contribution in [3.05, 3.63) is 25.4 Å². The molecule has 1 aromatic carbocycles. The number of nitrogens with one attached hydrogen (secondary N) is 1. The summed E-state index contributed by atoms with van der Waals surface area (Å²) in [4.78, 5) is 39.0. The standard InChI is InChI=1S/C22H18F5I4NO8S/c23-21(24,25)17(22(26,27)41(37,38)39)40-18(36)19-2-7-1-8(3-19)5-20(4-7,6-19)32-15(33)9-10(16(34)35)12(29)14(31)13(30)11(9)28/h7-8,17H,1-6H2,(H,32,33)(H,34,35)(H,37,38,39). The van der Waals surface area contributed by atoms with Crippen LogP contribution in [0.3, 0.4) is 0 Å². The van der Waals surface area contributed by atoms with Crippen LogP contribution in [-0.4, -0.2) is 59.0 Å². The predicted octanol–water partition coefficient (Wildman–Crippen LogP) is 5.83. The van der Waals surface area contributed by atoms with Crippen LogP contribution < -0.4 is 5.32 Å². The molecule has 5 rings (SSSR count). The number of alkyl halides is 5. The Kier molecular flexibility index (Phi) is 9.26. The molecule has 4 aliphatic rings. The van der Waals surface area contributed by atoms with E-state index < -0.39 is 56.5 Å². The van der Waals surface area contributed by atoms with Gasteiger partial charge < -0.3 is 15.2 Å². The Labute approximate surface area is 284 Å². The lowest BCUT2D eigenvalue weighted by Gasteiger charge is -2.61. The zero-order chi connectivity index (χ0) is 31.1. The Balaban J connectivity index is 1.70. The van der Waals surface area contributed by atoms with E-state index in [2.05, 4.69) is 10.1 Å². The highest BCUT2D eigenvalue weighted by atomic mass is 127. The Morgan fingerprint density at radius 2 is 1.39 bits per heavy atom. The van der Waals surface area contributed by atoms with Crippen molar-refractivity contribution in [2.24, 2.45) is 17.3 Å². The first kappa shape index (κ1) is 34.0. The second kappa shape index (κ2) is 11.2. The van der Waals surface area contributed by atoms with Crippen molar-refractivity contribution < 1.29 is 59.1 Å². The molecule has 0 heterocycles. The van der Waals surface area contributed by atoms with Gasteiger partial charge in [-0.15, -0.1) is 0 Å². The number of rotatable bonds is 7. The van der Waals surface area contributed by atoms with Crippen molar-refractivity contribution in [2.45, 2.75) is 61.6 Å². The summed E-state index contributed by atoms with van der Waals surface area (Å²) in [5.41, 5.74) is -3.28. The fourth-order valence-electron chi connectivity index (χ4n) is 6.69. The quantitative estimate of drug-likeness (QED) is 0.0774. The molecule has 41 heavy (non-hydrogen) atoms. The maximum absolute atomic E-state index is 14.2. The number of ether oxygens (including phenoxy) is 1. The molecule has 4 bridgehead atoms. The Hall–Kier alpha value is 0.110. The van der Waals surface area contributed by atoms with Gasteiger partial charge >= 0.3 is 33.5 Å². The van der Waals surface area contributed by atoms with Crippen molar-refractivity contribution in [3.8, 4) is 0 Å². The van der Waals surface area contributed by atoms with E-state index in [0.717, 1.165) is 0 Å². The average Bonchev–Trinajstić information content (AvgIpc) is 2.79. The summed E-state index contributed by atoms with van der Waals surface area (Å²) in [7, 11) is -6.61. The molecule has 3 unspecified atom stereocenters. The van der Waals surface area contributed by atoms with Gasteiger partial charge in [-0.2, -0.15) is 30.4 Å². The number of amides is 1. The summed E-state index contributed by atoms with van der Waals surface area (Å²) in [5.74, 6) is -4.42. The Morgan fingerprint density at radius 3 is 1.83 bits per heavy atom. The van der Waals surface area contributed by atoms with Crippen molar-refractivity contribution in [1.29, 1.82) is 0 Å². The molecule has 0 aromatic heterocycles. The number of esters is 1. The first-order valence-electron chi connectivity index (χ1n) is 11.6. The van der Waals surface area contributed by atoms with Crippen LogP contribution in [0, 0.1) is 31.5 Å². The van der Waals surface area contributed by atoms with Crippen LogP contribution in [0.25, 0.3) is 0 Å². The largest absolute Gasteiger partial charge is 0.478 e. The second-order valence-electron chi connectivity index (χ2n) is 10.7. The van der Waals surface area contributed by atoms with Gasteiger partial charge in [0.25, 0.3) is 12.0 Å². The minimum atomic E-state index is -6.61. The number of benzene rings is 1. The molecule has 3 atom stereocenters. The van der Waals surface area contributed by atoms with Gasteiger partial charge in [-0.05, 0) is 141 Å². The molecule has 0 saturated heterocycles. The van der Waals surface area contributed by atoms with Crippen molar-refractivity contribution in [3.63, 3.8) is 0 Å². The first-order valence-corrected chi connectivity index (χ1v) is 17.3. The van der Waals surface area contributed by atoms with Crippen molar-refractivity contribution >= 4 is 118 Å². The number of halogens is 9. The molecule has 1 amide bonds. The molecule has 0 aliphatic heterocycles. The van der Waals surface area contributed by atoms with Crippen LogP contribution in [0.15, 0.2) is 0 Å². The van der Waals surface area contributed by atoms with Crippen LogP contribution in [-0.2, 0) is 19.6 Å². The predicted molar refractivity (Wildman–Crippen MR) is 164 cm³/mol. The minimum Gasteiger partial charge on any atom is -0.478 e. The van der Waals surface area contributed by atoms with E-state index in [4.69, 9.17) is 4.55 Å². The average molecular weight is 1060 g/mol. The van der Waals surface area contributed by atoms with E-state index in [-0.39, 0.29) is 42.2 Å². The third-order valence-corrected chi connectivity index (χ3v) is 16.1. The molecule has 0 spiro atoms. The van der Waals surface area contributed by atoms with Crippen LogP contribution in [0.1, 0.15) is 59.2 Å². The molecule has 9 nitrogen and oxygen atoms in total. The van der Waals surface area contributed by atoms with Gasteiger partial charge in [0.1, 0.15) is 0 Å². The zero-order valence-corrected chi connectivity index (χ0v) is 29.6. The molecule has 4 fully saturated rings. The van der Waals surface area contributed by atoms with Gasteiger partial charge in [0, 0.05) is 19.8 Å². The Morgan fingerprint density at radius 1 is 0.902 bits per heavy atom. The highest BCUT2D eigenvalue weighted by Gasteiger charge is 2.68. The molecular formula is C22H18F5I4NO8S. The molecule has 0 radical (unpaired) electrons. The lowest BCUT2D eigenvalue weighted by atomic mass is 9.47. The molecule has 4 aliphatic carbocycles. The SMILES string of the molecule is O=C(O)c1c(I)c(I)c(I)c(I)c1C(=O)NC12CC3CC(C1)CC(C(=O)OC(C(F)(F)F)C(F)(F)S(=O)(=O)O)(C3)C2. The van der Waals surface area contributed by atoms with Gasteiger partial charge in [-0.3, -0.25) is 14.1 Å². The number of carboxylic acid groups (broad SMARTS) is 1. The normalized spacial score (nSPS) is 28.3. The van der Waals surface area contributed by atoms with E-state index in [0.29, 0.717) is 33.5 Å². The third kappa shape index (κ3) is 6.05. The lowest BCUT2D eigenvalue weighted by Crippen LogP contribution is -2.65. The van der Waals surface area contributed by atoms with Gasteiger partial charge in [0.15, 0.2) is 0 Å². The van der Waals surface area contributed by atoms with Crippen molar-refractivity contribution in [2.75, 3.05) is 0 Å². The van der Waals surface area contributed by atoms with Crippen LogP contribution in [0.5, 0.6) is 0 Å². The Bertz CT molecular complexity index is 1440. The number of aromatic carboxylic acids is 1. The van der Waals surface area contributed by atoms with Gasteiger partial charge in [0.05, 0.1) is 16.5 Å². The monoisotopic (exact) mass is 1060 g/mol. The summed E-state index contributed by atoms with van der Waals surface area (Å²) in [6.07, 6.45) is -9.64. The number of hydrogen-bond acceptors (Lipinski definition) is 6. The fourth-order valence-corrected chi connectivity index (χ4v) is 10.8. The molecule has 1 aromatic rings. The van der Waals surface area contributed by atoms with E-state index in [1.165, 1.54) is 0 Å².